The van der Waals surface area contributed by atoms with Crippen molar-refractivity contribution in [1.82, 2.24) is 24.4 Å². The highest BCUT2D eigenvalue weighted by Crippen LogP contribution is 2.19. The van der Waals surface area contributed by atoms with E-state index in [2.05, 4.69) is 15.0 Å². The van der Waals surface area contributed by atoms with Crippen LogP contribution in [0.3, 0.4) is 0 Å². The largest absolute Gasteiger partial charge is 0.481 e. The highest BCUT2D eigenvalue weighted by molar-refractivity contribution is 7.89. The Bertz CT molecular complexity index is 1200. The second kappa shape index (κ2) is 8.50. The molecule has 0 spiro atoms. The van der Waals surface area contributed by atoms with Crippen LogP contribution in [0.15, 0.2) is 36.5 Å². The fraction of sp³-hybridized carbons (Fsp3) is 0.400. The number of anilines is 1. The molecule has 3 aromatic rings. The Morgan fingerprint density at radius 3 is 2.55 bits per heavy atom. The van der Waals surface area contributed by atoms with Crippen LogP contribution in [0.25, 0.3) is 11.0 Å². The van der Waals surface area contributed by atoms with Crippen molar-refractivity contribution in [3.63, 3.8) is 0 Å². The number of piperazine rings is 1. The van der Waals surface area contributed by atoms with E-state index in [-0.39, 0.29) is 18.2 Å². The number of hydrogen-bond donors (Lipinski definition) is 0. The van der Waals surface area contributed by atoms with Crippen LogP contribution in [-0.2, 0) is 26.9 Å². The van der Waals surface area contributed by atoms with E-state index in [9.17, 15) is 13.2 Å². The maximum absolute atomic E-state index is 13.0. The van der Waals surface area contributed by atoms with Crippen LogP contribution in [0.5, 0.6) is 5.88 Å². The lowest BCUT2D eigenvalue weighted by Gasteiger charge is -2.35. The van der Waals surface area contributed by atoms with E-state index in [0.717, 1.165) is 5.52 Å². The monoisotopic (exact) mass is 444 g/mol. The van der Waals surface area contributed by atoms with Gasteiger partial charge in [0.2, 0.25) is 17.7 Å². The molecule has 1 saturated heterocycles. The molecular weight excluding hydrogens is 420 g/mol. The third-order valence-electron chi connectivity index (χ3n) is 5.16. The van der Waals surface area contributed by atoms with Crippen LogP contribution in [-0.4, -0.2) is 78.3 Å². The number of imidazole rings is 1. The number of fused-ring (bicyclic) bond motifs is 1. The first-order valence-electron chi connectivity index (χ1n) is 9.86. The minimum Gasteiger partial charge on any atom is -0.481 e. The molecule has 164 valence electrons. The first kappa shape index (κ1) is 21.0. The molecule has 1 aliphatic heterocycles. The van der Waals surface area contributed by atoms with Crippen LogP contribution in [0.2, 0.25) is 0 Å². The molecule has 0 unspecified atom stereocenters. The van der Waals surface area contributed by atoms with Gasteiger partial charge in [-0.15, -0.1) is 0 Å². The predicted octanol–water partition coefficient (Wildman–Crippen LogP) is 0.728. The fourth-order valence-electron chi connectivity index (χ4n) is 3.64. The minimum atomic E-state index is -3.29. The van der Waals surface area contributed by atoms with E-state index in [1.54, 1.807) is 28.8 Å². The predicted molar refractivity (Wildman–Crippen MR) is 116 cm³/mol. The second-order valence-corrected chi connectivity index (χ2v) is 9.58. The van der Waals surface area contributed by atoms with Crippen LogP contribution < -0.4 is 9.64 Å². The topological polar surface area (TPSA) is 111 Å². The Kier molecular flexibility index (Phi) is 5.77. The van der Waals surface area contributed by atoms with Crippen molar-refractivity contribution in [2.45, 2.75) is 12.3 Å². The van der Waals surface area contributed by atoms with E-state index < -0.39 is 9.84 Å². The highest BCUT2D eigenvalue weighted by Gasteiger charge is 2.25. The summed E-state index contributed by atoms with van der Waals surface area (Å²) < 4.78 is 30.6. The standard InChI is InChI=1S/C20H24N6O4S/c1-30-18-7-8-21-20(23-18)25-11-9-24(10-12-25)19(27)13-26-16-6-4-3-5-15(16)22-17(26)14-31(2,28)29/h3-8H,9-14H2,1-2H3. The van der Waals surface area contributed by atoms with Crippen LogP contribution >= 0.6 is 0 Å². The van der Waals surface area contributed by atoms with Gasteiger partial charge in [0.15, 0.2) is 9.84 Å². The second-order valence-electron chi connectivity index (χ2n) is 7.44. The Hall–Kier alpha value is -3.21. The number of hydrogen-bond acceptors (Lipinski definition) is 8. The van der Waals surface area contributed by atoms with Gasteiger partial charge in [0.05, 0.1) is 18.1 Å². The molecular formula is C20H24N6O4S. The first-order chi connectivity index (χ1) is 14.8. The van der Waals surface area contributed by atoms with Gasteiger partial charge in [-0.05, 0) is 12.1 Å². The summed E-state index contributed by atoms with van der Waals surface area (Å²) in [6.07, 6.45) is 2.81. The number of ether oxygens (including phenoxy) is 1. The summed E-state index contributed by atoms with van der Waals surface area (Å²) in [4.78, 5) is 29.9. The Labute approximate surface area is 180 Å². The average Bonchev–Trinajstić information content (AvgIpc) is 3.09. The van der Waals surface area contributed by atoms with Crippen LogP contribution in [0.1, 0.15) is 5.82 Å². The summed E-state index contributed by atoms with van der Waals surface area (Å²) >= 11 is 0. The highest BCUT2D eigenvalue weighted by atomic mass is 32.2. The summed E-state index contributed by atoms with van der Waals surface area (Å²) in [5.74, 6) is 1.15. The first-order valence-corrected chi connectivity index (χ1v) is 11.9. The van der Waals surface area contributed by atoms with E-state index in [1.807, 2.05) is 29.2 Å². The summed E-state index contributed by atoms with van der Waals surface area (Å²) in [6, 6.07) is 9.04. The molecule has 1 fully saturated rings. The van der Waals surface area contributed by atoms with Crippen molar-refractivity contribution in [2.75, 3.05) is 44.4 Å². The number of rotatable bonds is 6. The molecule has 1 aliphatic rings. The van der Waals surface area contributed by atoms with Crippen molar-refractivity contribution in [3.8, 4) is 5.88 Å². The van der Waals surface area contributed by atoms with Crippen molar-refractivity contribution in [1.29, 1.82) is 0 Å². The van der Waals surface area contributed by atoms with Gasteiger partial charge < -0.3 is 19.1 Å². The number of benzene rings is 1. The van der Waals surface area contributed by atoms with E-state index >= 15 is 0 Å². The molecule has 0 aliphatic carbocycles. The average molecular weight is 445 g/mol. The lowest BCUT2D eigenvalue weighted by molar-refractivity contribution is -0.132. The number of methoxy groups -OCH3 is 1. The summed E-state index contributed by atoms with van der Waals surface area (Å²) in [5.41, 5.74) is 1.42. The van der Waals surface area contributed by atoms with Gasteiger partial charge in [0.25, 0.3) is 0 Å². The van der Waals surface area contributed by atoms with Crippen molar-refractivity contribution in [2.24, 2.45) is 0 Å². The zero-order valence-corrected chi connectivity index (χ0v) is 18.2. The van der Waals surface area contributed by atoms with Gasteiger partial charge >= 0.3 is 0 Å². The maximum Gasteiger partial charge on any atom is 0.242 e. The number of para-hydroxylation sites is 2. The van der Waals surface area contributed by atoms with Gasteiger partial charge in [0, 0.05) is 44.7 Å². The number of carbonyl (C=O) groups is 1. The van der Waals surface area contributed by atoms with Crippen molar-refractivity contribution >= 4 is 32.7 Å². The SMILES string of the molecule is COc1ccnc(N2CCN(C(=O)Cn3c(CS(C)(=O)=O)nc4ccccc43)CC2)n1. The molecule has 31 heavy (non-hydrogen) atoms. The molecule has 1 aromatic carbocycles. The number of amides is 1. The molecule has 0 bridgehead atoms. The van der Waals surface area contributed by atoms with Crippen molar-refractivity contribution < 1.29 is 17.9 Å². The maximum atomic E-state index is 13.0. The smallest absolute Gasteiger partial charge is 0.242 e. The van der Waals surface area contributed by atoms with Gasteiger partial charge in [0.1, 0.15) is 18.1 Å². The Balaban J connectivity index is 1.48. The molecule has 2 aromatic heterocycles. The lowest BCUT2D eigenvalue weighted by Crippen LogP contribution is -2.50. The van der Waals surface area contributed by atoms with E-state index in [1.165, 1.54) is 6.26 Å². The molecule has 11 heteroatoms. The van der Waals surface area contributed by atoms with E-state index in [0.29, 0.717) is 49.3 Å². The van der Waals surface area contributed by atoms with Crippen LogP contribution in [0.4, 0.5) is 5.95 Å². The summed E-state index contributed by atoms with van der Waals surface area (Å²) in [6.45, 7) is 2.28. The van der Waals surface area contributed by atoms with Gasteiger partial charge in [-0.2, -0.15) is 4.98 Å². The minimum absolute atomic E-state index is 0.0427. The van der Waals surface area contributed by atoms with Gasteiger partial charge in [-0.3, -0.25) is 4.79 Å². The van der Waals surface area contributed by atoms with Crippen molar-refractivity contribution in [3.05, 3.63) is 42.4 Å². The Morgan fingerprint density at radius 1 is 1.10 bits per heavy atom. The fourth-order valence-corrected chi connectivity index (χ4v) is 4.33. The zero-order chi connectivity index (χ0) is 22.0. The quantitative estimate of drug-likeness (QED) is 0.547. The Morgan fingerprint density at radius 2 is 1.84 bits per heavy atom. The summed E-state index contributed by atoms with van der Waals surface area (Å²) in [7, 11) is -1.73. The molecule has 1 amide bonds. The molecule has 10 nitrogen and oxygen atoms in total. The number of aromatic nitrogens is 4. The molecule has 0 atom stereocenters. The van der Waals surface area contributed by atoms with Gasteiger partial charge in [-0.1, -0.05) is 12.1 Å². The summed E-state index contributed by atoms with van der Waals surface area (Å²) in [5, 5.41) is 0. The molecule has 0 radical (unpaired) electrons. The molecule has 0 N–H and O–H groups in total. The normalized spacial score (nSPS) is 14.8. The number of sulfone groups is 1. The molecule has 0 saturated carbocycles. The zero-order valence-electron chi connectivity index (χ0n) is 17.4. The lowest BCUT2D eigenvalue weighted by atomic mass is 10.3. The molecule has 3 heterocycles. The molecule has 4 rings (SSSR count). The van der Waals surface area contributed by atoms with Crippen LogP contribution in [0, 0.1) is 0 Å². The third-order valence-corrected chi connectivity index (χ3v) is 5.94. The number of nitrogens with zero attached hydrogens (tertiary/aromatic N) is 6. The third kappa shape index (κ3) is 4.76. The van der Waals surface area contributed by atoms with E-state index in [4.69, 9.17) is 4.74 Å². The van der Waals surface area contributed by atoms with Gasteiger partial charge in [-0.25, -0.2) is 18.4 Å². The number of carbonyl (C=O) groups excluding carboxylic acids is 1.